The van der Waals surface area contributed by atoms with Crippen molar-refractivity contribution in [2.75, 3.05) is 106 Å². The Labute approximate surface area is 330 Å². The molecule has 2 rings (SSSR count). The molecule has 0 unspecified atom stereocenters. The molecular weight excluding hydrogens is 728 g/mol. The Morgan fingerprint density at radius 1 is 0.536 bits per heavy atom. The molecule has 312 valence electrons. The first-order chi connectivity index (χ1) is 27.3. The minimum absolute atomic E-state index is 0.00108. The molecule has 0 aliphatic carbocycles. The van der Waals surface area contributed by atoms with Crippen molar-refractivity contribution in [3.8, 4) is 0 Å². The van der Waals surface area contributed by atoms with Crippen molar-refractivity contribution in [3.63, 3.8) is 0 Å². The van der Waals surface area contributed by atoms with Crippen LogP contribution in [0.2, 0.25) is 0 Å². The van der Waals surface area contributed by atoms with E-state index in [1.807, 2.05) is 42.5 Å². The summed E-state index contributed by atoms with van der Waals surface area (Å²) in [6, 6.07) is 18.1. The van der Waals surface area contributed by atoms with Gasteiger partial charge >= 0.3 is 5.97 Å². The van der Waals surface area contributed by atoms with Crippen LogP contribution in [0.5, 0.6) is 0 Å². The van der Waals surface area contributed by atoms with Crippen LogP contribution in [0.15, 0.2) is 54.6 Å². The fraction of sp³-hybridized carbons (Fsp3) is 0.575. The number of carbonyl (C=O) groups excluding carboxylic acids is 5. The van der Waals surface area contributed by atoms with Gasteiger partial charge in [0.25, 0.3) is 5.91 Å². The number of nitrogens with one attached hydrogen (secondary N) is 3. The molecule has 0 saturated carbocycles. The Balaban J connectivity index is 1.73. The number of rotatable bonds is 32. The van der Waals surface area contributed by atoms with E-state index in [0.29, 0.717) is 52.9 Å². The van der Waals surface area contributed by atoms with E-state index in [0.717, 1.165) is 36.1 Å². The summed E-state index contributed by atoms with van der Waals surface area (Å²) in [4.78, 5) is 69.2. The van der Waals surface area contributed by atoms with Crippen LogP contribution in [0.3, 0.4) is 0 Å². The highest BCUT2D eigenvalue weighted by Gasteiger charge is 2.22. The van der Waals surface area contributed by atoms with Crippen LogP contribution in [0.1, 0.15) is 42.4 Å². The summed E-state index contributed by atoms with van der Waals surface area (Å²) in [5.41, 5.74) is 5.39. The fourth-order valence-corrected chi connectivity index (χ4v) is 5.02. The molecular formula is C40H60N4O12. The lowest BCUT2D eigenvalue weighted by Crippen LogP contribution is -2.46. The molecule has 0 saturated heterocycles. The molecule has 4 amide bonds. The van der Waals surface area contributed by atoms with Gasteiger partial charge in [0, 0.05) is 33.7 Å². The van der Waals surface area contributed by atoms with Crippen molar-refractivity contribution in [1.29, 1.82) is 0 Å². The van der Waals surface area contributed by atoms with Crippen LogP contribution in [0.4, 0.5) is 0 Å². The maximum absolute atomic E-state index is 13.1. The number of aryl methyl sites for hydroxylation is 2. The number of benzene rings is 2. The van der Waals surface area contributed by atoms with Crippen molar-refractivity contribution in [1.82, 2.24) is 21.0 Å². The number of hydroxylamine groups is 1. The molecule has 0 aliphatic heterocycles. The van der Waals surface area contributed by atoms with Crippen LogP contribution < -0.4 is 16.1 Å². The van der Waals surface area contributed by atoms with Gasteiger partial charge in [-0.25, -0.2) is 4.79 Å². The van der Waals surface area contributed by atoms with Crippen molar-refractivity contribution in [2.45, 2.75) is 44.9 Å². The van der Waals surface area contributed by atoms with Crippen LogP contribution in [-0.4, -0.2) is 141 Å². The minimum atomic E-state index is -0.849. The molecule has 3 N–H and O–H groups in total. The predicted molar refractivity (Wildman–Crippen MR) is 206 cm³/mol. The molecule has 16 nitrogen and oxygen atoms in total. The summed E-state index contributed by atoms with van der Waals surface area (Å²) in [7, 11) is 3.16. The predicted octanol–water partition coefficient (Wildman–Crippen LogP) is 1.57. The van der Waals surface area contributed by atoms with Crippen molar-refractivity contribution in [3.05, 3.63) is 71.3 Å². The number of unbranched alkanes of at least 4 members (excludes halogenated alkanes) is 1. The molecule has 0 radical (unpaired) electrons. The zero-order valence-electron chi connectivity index (χ0n) is 32.9. The first-order valence-electron chi connectivity index (χ1n) is 19.0. The molecule has 0 aromatic heterocycles. The maximum Gasteiger partial charge on any atom is 0.332 e. The third-order valence-electron chi connectivity index (χ3n) is 8.00. The molecule has 0 aliphatic rings. The summed E-state index contributed by atoms with van der Waals surface area (Å²) in [6.45, 7) is 3.16. The Morgan fingerprint density at radius 3 is 1.52 bits per heavy atom. The summed E-state index contributed by atoms with van der Waals surface area (Å²) >= 11 is 0. The van der Waals surface area contributed by atoms with Gasteiger partial charge in [-0.3, -0.25) is 19.2 Å². The van der Waals surface area contributed by atoms with Crippen LogP contribution >= 0.6 is 0 Å². The molecule has 0 atom stereocenters. The Bertz CT molecular complexity index is 1350. The SMILES string of the molecule is COCCOCCOCCNC(=O)CN(CC(=O)NCCOCCOCCOC)C(=O)CCC(=O)ONC(=O)Cc1ccc(CCCCc2ccccc2)cc1. The van der Waals surface area contributed by atoms with E-state index in [1.165, 1.54) is 11.1 Å². The van der Waals surface area contributed by atoms with E-state index in [-0.39, 0.29) is 39.1 Å². The topological polar surface area (TPSA) is 189 Å². The minimum Gasteiger partial charge on any atom is -0.382 e. The molecule has 0 heterocycles. The van der Waals surface area contributed by atoms with Gasteiger partial charge in [-0.05, 0) is 42.4 Å². The normalized spacial score (nSPS) is 10.8. The van der Waals surface area contributed by atoms with Gasteiger partial charge in [0.05, 0.1) is 78.9 Å². The van der Waals surface area contributed by atoms with Gasteiger partial charge in [-0.15, -0.1) is 0 Å². The lowest BCUT2D eigenvalue weighted by molar-refractivity contribution is -0.159. The molecule has 0 fully saturated rings. The van der Waals surface area contributed by atoms with E-state index < -0.39 is 49.1 Å². The zero-order valence-corrected chi connectivity index (χ0v) is 32.9. The van der Waals surface area contributed by atoms with Crippen molar-refractivity contribution >= 4 is 29.6 Å². The van der Waals surface area contributed by atoms with E-state index in [2.05, 4.69) is 28.2 Å². The van der Waals surface area contributed by atoms with E-state index in [9.17, 15) is 24.0 Å². The zero-order chi connectivity index (χ0) is 40.5. The first-order valence-corrected chi connectivity index (χ1v) is 19.0. The lowest BCUT2D eigenvalue weighted by atomic mass is 10.0. The van der Waals surface area contributed by atoms with E-state index in [4.69, 9.17) is 33.3 Å². The largest absolute Gasteiger partial charge is 0.382 e. The van der Waals surface area contributed by atoms with Crippen molar-refractivity contribution in [2.24, 2.45) is 0 Å². The standard InChI is InChI=1S/C40H60N4O12/c1-50-22-24-54-28-26-52-20-18-41-37(46)31-44(32-38(47)42-19-21-53-27-29-55-25-23-51-2)39(48)16-17-40(49)56-43-36(45)30-35-14-12-34(13-15-35)11-7-6-10-33-8-4-3-5-9-33/h3-5,8-9,12-15H,6-7,10-11,16-32H2,1-2H3,(H,41,46)(H,42,47)(H,43,45). The van der Waals surface area contributed by atoms with Crippen LogP contribution in [0.25, 0.3) is 0 Å². The molecule has 56 heavy (non-hydrogen) atoms. The second kappa shape index (κ2) is 31.7. The maximum atomic E-state index is 13.1. The number of methoxy groups -OCH3 is 2. The second-order valence-corrected chi connectivity index (χ2v) is 12.6. The number of hydrogen-bond acceptors (Lipinski definition) is 12. The summed E-state index contributed by atoms with van der Waals surface area (Å²) in [5.74, 6) is -3.05. The highest BCUT2D eigenvalue weighted by atomic mass is 16.7. The third kappa shape index (κ3) is 24.9. The lowest BCUT2D eigenvalue weighted by Gasteiger charge is -2.22. The van der Waals surface area contributed by atoms with Gasteiger partial charge in [-0.1, -0.05) is 54.6 Å². The van der Waals surface area contributed by atoms with Gasteiger partial charge in [0.2, 0.25) is 17.7 Å². The first kappa shape index (κ1) is 47.7. The smallest absolute Gasteiger partial charge is 0.332 e. The van der Waals surface area contributed by atoms with E-state index in [1.54, 1.807) is 14.2 Å². The number of hydrogen-bond donors (Lipinski definition) is 3. The number of carbonyl (C=O) groups is 5. The Hall–Kier alpha value is -4.45. The average molecular weight is 789 g/mol. The van der Waals surface area contributed by atoms with Crippen molar-refractivity contribution < 1.29 is 57.2 Å². The molecule has 0 spiro atoms. The molecule has 2 aromatic carbocycles. The van der Waals surface area contributed by atoms with Gasteiger partial charge in [0.1, 0.15) is 13.1 Å². The molecule has 16 heteroatoms. The van der Waals surface area contributed by atoms with E-state index >= 15 is 0 Å². The molecule has 0 bridgehead atoms. The summed E-state index contributed by atoms with van der Waals surface area (Å²) in [5, 5.41) is 5.29. The summed E-state index contributed by atoms with van der Waals surface area (Å²) in [6.07, 6.45) is 3.35. The Morgan fingerprint density at radius 2 is 1.00 bits per heavy atom. The fourth-order valence-electron chi connectivity index (χ4n) is 5.02. The quantitative estimate of drug-likeness (QED) is 0.0719. The Kier molecular flexibility index (Phi) is 27.0. The van der Waals surface area contributed by atoms with Gasteiger partial charge in [-0.2, -0.15) is 5.48 Å². The number of nitrogens with zero attached hydrogens (tertiary/aromatic N) is 1. The summed E-state index contributed by atoms with van der Waals surface area (Å²) < 4.78 is 31.3. The van der Waals surface area contributed by atoms with Crippen LogP contribution in [0, 0.1) is 0 Å². The van der Waals surface area contributed by atoms with Crippen LogP contribution in [-0.2, 0) is 76.5 Å². The average Bonchev–Trinajstić information content (AvgIpc) is 3.20. The second-order valence-electron chi connectivity index (χ2n) is 12.6. The number of amides is 4. The molecule has 2 aromatic rings. The number of ether oxygens (including phenoxy) is 6. The monoisotopic (exact) mass is 788 g/mol. The van der Waals surface area contributed by atoms with Gasteiger partial charge in [0.15, 0.2) is 0 Å². The third-order valence-corrected chi connectivity index (χ3v) is 8.00. The van der Waals surface area contributed by atoms with Gasteiger partial charge < -0.3 is 48.8 Å². The highest BCUT2D eigenvalue weighted by Crippen LogP contribution is 2.11. The highest BCUT2D eigenvalue weighted by molar-refractivity contribution is 5.90.